The summed E-state index contributed by atoms with van der Waals surface area (Å²) in [5.74, 6) is -0.0696. The fourth-order valence-corrected chi connectivity index (χ4v) is 2.53. The number of benzene rings is 1. The molecule has 1 aliphatic rings. The van der Waals surface area contributed by atoms with E-state index in [0.717, 1.165) is 5.56 Å². The number of nitrogens with zero attached hydrogens (tertiary/aromatic N) is 1. The highest BCUT2D eigenvalue weighted by Gasteiger charge is 2.30. The van der Waals surface area contributed by atoms with E-state index in [4.69, 9.17) is 21.4 Å². The van der Waals surface area contributed by atoms with Crippen LogP contribution in [0.5, 0.6) is 0 Å². The van der Waals surface area contributed by atoms with Gasteiger partial charge in [-0.3, -0.25) is 4.79 Å². The van der Waals surface area contributed by atoms with Crippen molar-refractivity contribution in [3.63, 3.8) is 0 Å². The van der Waals surface area contributed by atoms with Crippen LogP contribution in [0, 0.1) is 6.92 Å². The first-order valence-electron chi connectivity index (χ1n) is 6.32. The largest absolute Gasteiger partial charge is 0.394 e. The highest BCUT2D eigenvalue weighted by molar-refractivity contribution is 6.31. The van der Waals surface area contributed by atoms with E-state index >= 15 is 0 Å². The number of amides is 1. The third-order valence-corrected chi connectivity index (χ3v) is 3.48. The fourth-order valence-electron chi connectivity index (χ4n) is 2.24. The zero-order valence-electron chi connectivity index (χ0n) is 11.1. The van der Waals surface area contributed by atoms with Crippen molar-refractivity contribution in [2.45, 2.75) is 26.0 Å². The first-order chi connectivity index (χ1) is 9.01. The quantitative estimate of drug-likeness (QED) is 0.901. The molecule has 0 bridgehead atoms. The number of hydrogen-bond donors (Lipinski definition) is 1. The number of aliphatic hydroxyl groups is 1. The van der Waals surface area contributed by atoms with Crippen LogP contribution in [0.4, 0.5) is 0 Å². The van der Waals surface area contributed by atoms with Gasteiger partial charge in [-0.25, -0.2) is 0 Å². The smallest absolute Gasteiger partial charge is 0.254 e. The number of halogens is 1. The van der Waals surface area contributed by atoms with E-state index in [0.29, 0.717) is 23.7 Å². The number of aliphatic hydroxyl groups excluding tert-OH is 1. The Balaban J connectivity index is 2.21. The van der Waals surface area contributed by atoms with E-state index < -0.39 is 0 Å². The summed E-state index contributed by atoms with van der Waals surface area (Å²) in [6.07, 6.45) is -0.305. The Labute approximate surface area is 117 Å². The third-order valence-electron chi connectivity index (χ3n) is 3.26. The normalized spacial score (nSPS) is 23.5. The Kier molecular flexibility index (Phi) is 4.45. The van der Waals surface area contributed by atoms with E-state index in [1.54, 1.807) is 11.0 Å². The lowest BCUT2D eigenvalue weighted by Gasteiger charge is -2.37. The Morgan fingerprint density at radius 3 is 2.89 bits per heavy atom. The predicted octanol–water partition coefficient (Wildman–Crippen LogP) is 1.87. The van der Waals surface area contributed by atoms with Gasteiger partial charge in [0.25, 0.3) is 5.91 Å². The summed E-state index contributed by atoms with van der Waals surface area (Å²) in [5.41, 5.74) is 1.53. The summed E-state index contributed by atoms with van der Waals surface area (Å²) in [7, 11) is 0. The predicted molar refractivity (Wildman–Crippen MR) is 73.5 cm³/mol. The summed E-state index contributed by atoms with van der Waals surface area (Å²) in [4.78, 5) is 14.2. The average molecular weight is 284 g/mol. The third kappa shape index (κ3) is 3.26. The van der Waals surface area contributed by atoms with Crippen LogP contribution in [0.1, 0.15) is 22.8 Å². The maximum Gasteiger partial charge on any atom is 0.254 e. The van der Waals surface area contributed by atoms with Crippen molar-refractivity contribution in [1.82, 2.24) is 4.90 Å². The van der Waals surface area contributed by atoms with Crippen LogP contribution in [0.25, 0.3) is 0 Å². The first kappa shape index (κ1) is 14.3. The van der Waals surface area contributed by atoms with Gasteiger partial charge < -0.3 is 14.7 Å². The number of carbonyl (C=O) groups excluding carboxylic acids is 1. The van der Waals surface area contributed by atoms with Crippen LogP contribution in [-0.2, 0) is 4.74 Å². The lowest BCUT2D eigenvalue weighted by atomic mass is 10.1. The van der Waals surface area contributed by atoms with Gasteiger partial charge in [0, 0.05) is 17.1 Å². The van der Waals surface area contributed by atoms with E-state index in [-0.39, 0.29) is 24.7 Å². The zero-order chi connectivity index (χ0) is 14.0. The van der Waals surface area contributed by atoms with Gasteiger partial charge in [0.05, 0.1) is 25.4 Å². The average Bonchev–Trinajstić information content (AvgIpc) is 2.37. The first-order valence-corrected chi connectivity index (χ1v) is 6.69. The molecule has 0 radical (unpaired) electrons. The summed E-state index contributed by atoms with van der Waals surface area (Å²) in [6.45, 7) is 4.61. The summed E-state index contributed by atoms with van der Waals surface area (Å²) in [5, 5.41) is 9.71. The van der Waals surface area contributed by atoms with Crippen molar-refractivity contribution in [3.05, 3.63) is 34.3 Å². The number of hydrogen-bond acceptors (Lipinski definition) is 3. The lowest BCUT2D eigenvalue weighted by Crippen LogP contribution is -2.52. The topological polar surface area (TPSA) is 49.8 Å². The second kappa shape index (κ2) is 5.90. The molecule has 19 heavy (non-hydrogen) atoms. The standard InChI is InChI=1S/C14H18ClNO3/c1-9-3-11(5-12(15)4-9)14(18)16-6-13(7-17)19-8-10(16)2/h3-5,10,13,17H,6-8H2,1-2H3. The molecule has 5 heteroatoms. The molecule has 1 amide bonds. The van der Waals surface area contributed by atoms with Gasteiger partial charge in [0.2, 0.25) is 0 Å². The Hall–Kier alpha value is -1.10. The van der Waals surface area contributed by atoms with Gasteiger partial charge in [-0.1, -0.05) is 11.6 Å². The number of morpholine rings is 1. The lowest BCUT2D eigenvalue weighted by molar-refractivity contribution is -0.0667. The van der Waals surface area contributed by atoms with Crippen molar-refractivity contribution >= 4 is 17.5 Å². The molecule has 1 saturated heterocycles. The molecular weight excluding hydrogens is 266 g/mol. The number of ether oxygens (including phenoxy) is 1. The van der Waals surface area contributed by atoms with Crippen molar-refractivity contribution < 1.29 is 14.6 Å². The maximum absolute atomic E-state index is 12.5. The van der Waals surface area contributed by atoms with Gasteiger partial charge in [-0.15, -0.1) is 0 Å². The van der Waals surface area contributed by atoms with Gasteiger partial charge in [-0.2, -0.15) is 0 Å². The molecule has 1 aromatic rings. The Morgan fingerprint density at radius 2 is 2.26 bits per heavy atom. The van der Waals surface area contributed by atoms with Crippen LogP contribution >= 0.6 is 11.6 Å². The molecule has 4 nitrogen and oxygen atoms in total. The molecule has 1 heterocycles. The van der Waals surface area contributed by atoms with E-state index in [1.807, 2.05) is 26.0 Å². The SMILES string of the molecule is Cc1cc(Cl)cc(C(=O)N2CC(CO)OCC2C)c1. The minimum atomic E-state index is -0.305. The molecule has 2 rings (SSSR count). The highest BCUT2D eigenvalue weighted by atomic mass is 35.5. The molecular formula is C14H18ClNO3. The second-order valence-corrected chi connectivity index (χ2v) is 5.40. The number of carbonyl (C=O) groups is 1. The van der Waals surface area contributed by atoms with Crippen molar-refractivity contribution in [2.24, 2.45) is 0 Å². The van der Waals surface area contributed by atoms with Gasteiger partial charge >= 0.3 is 0 Å². The van der Waals surface area contributed by atoms with Gasteiger partial charge in [0.1, 0.15) is 0 Å². The molecule has 0 saturated carbocycles. The number of aryl methyl sites for hydroxylation is 1. The van der Waals surface area contributed by atoms with E-state index in [2.05, 4.69) is 0 Å². The van der Waals surface area contributed by atoms with Crippen molar-refractivity contribution in [3.8, 4) is 0 Å². The van der Waals surface area contributed by atoms with Crippen molar-refractivity contribution in [2.75, 3.05) is 19.8 Å². The molecule has 1 aromatic carbocycles. The molecule has 2 atom stereocenters. The summed E-state index contributed by atoms with van der Waals surface area (Å²) in [6, 6.07) is 5.31. The van der Waals surface area contributed by atoms with Crippen LogP contribution in [0.15, 0.2) is 18.2 Å². The minimum Gasteiger partial charge on any atom is -0.394 e. The maximum atomic E-state index is 12.5. The fraction of sp³-hybridized carbons (Fsp3) is 0.500. The molecule has 104 valence electrons. The van der Waals surface area contributed by atoms with Crippen molar-refractivity contribution in [1.29, 1.82) is 0 Å². The molecule has 0 aliphatic carbocycles. The van der Waals surface area contributed by atoms with Gasteiger partial charge in [0.15, 0.2) is 0 Å². The van der Waals surface area contributed by atoms with E-state index in [9.17, 15) is 4.79 Å². The molecule has 0 spiro atoms. The van der Waals surface area contributed by atoms with Crippen LogP contribution < -0.4 is 0 Å². The Morgan fingerprint density at radius 1 is 1.53 bits per heavy atom. The molecule has 1 fully saturated rings. The highest BCUT2D eigenvalue weighted by Crippen LogP contribution is 2.19. The van der Waals surface area contributed by atoms with Crippen LogP contribution in [0.3, 0.4) is 0 Å². The summed E-state index contributed by atoms with van der Waals surface area (Å²) < 4.78 is 5.43. The van der Waals surface area contributed by atoms with Crippen LogP contribution in [-0.4, -0.2) is 47.8 Å². The molecule has 2 unspecified atom stereocenters. The molecule has 0 aromatic heterocycles. The minimum absolute atomic E-state index is 0.00501. The summed E-state index contributed by atoms with van der Waals surface area (Å²) >= 11 is 5.99. The zero-order valence-corrected chi connectivity index (χ0v) is 11.9. The van der Waals surface area contributed by atoms with Gasteiger partial charge in [-0.05, 0) is 37.6 Å². The number of rotatable bonds is 2. The monoisotopic (exact) mass is 283 g/mol. The molecule has 1 N–H and O–H groups in total. The Bertz CT molecular complexity index is 458. The second-order valence-electron chi connectivity index (χ2n) is 4.96. The molecule has 1 aliphatic heterocycles. The van der Waals surface area contributed by atoms with E-state index in [1.165, 1.54) is 0 Å². The van der Waals surface area contributed by atoms with Crippen LogP contribution in [0.2, 0.25) is 5.02 Å².